The summed E-state index contributed by atoms with van der Waals surface area (Å²) < 4.78 is 6.70. The van der Waals surface area contributed by atoms with Crippen LogP contribution in [0, 0.1) is 5.92 Å². The van der Waals surface area contributed by atoms with Crippen LogP contribution in [-0.2, 0) is 7.05 Å². The molecule has 18 heavy (non-hydrogen) atoms. The highest BCUT2D eigenvalue weighted by Gasteiger charge is 2.17. The molecule has 0 saturated heterocycles. The van der Waals surface area contributed by atoms with Crippen molar-refractivity contribution in [2.45, 2.75) is 13.0 Å². The van der Waals surface area contributed by atoms with Crippen LogP contribution >= 0.6 is 0 Å². The van der Waals surface area contributed by atoms with E-state index < -0.39 is 0 Å². The second kappa shape index (κ2) is 4.96. The molecule has 2 aromatic rings. The van der Waals surface area contributed by atoms with Gasteiger partial charge in [0.2, 0.25) is 0 Å². The van der Waals surface area contributed by atoms with E-state index in [2.05, 4.69) is 12.2 Å². The maximum Gasteiger partial charge on any atom is 0.419 e. The van der Waals surface area contributed by atoms with Gasteiger partial charge in [0.15, 0.2) is 5.58 Å². The molecule has 5 heteroatoms. The van der Waals surface area contributed by atoms with Crippen LogP contribution in [-0.4, -0.2) is 18.2 Å². The molecule has 0 radical (unpaired) electrons. The molecular formula is C13H19N3O2. The fourth-order valence-corrected chi connectivity index (χ4v) is 2.26. The number of nitrogens with zero attached hydrogens (tertiary/aromatic N) is 1. The van der Waals surface area contributed by atoms with E-state index in [0.29, 0.717) is 18.0 Å². The van der Waals surface area contributed by atoms with Crippen molar-refractivity contribution in [3.8, 4) is 0 Å². The van der Waals surface area contributed by atoms with Crippen molar-refractivity contribution in [1.82, 2.24) is 9.88 Å². The molecule has 1 aromatic heterocycles. The summed E-state index contributed by atoms with van der Waals surface area (Å²) in [7, 11) is 3.61. The Bertz CT molecular complexity index is 600. The Morgan fingerprint density at radius 2 is 2.22 bits per heavy atom. The first-order valence-corrected chi connectivity index (χ1v) is 6.05. The van der Waals surface area contributed by atoms with E-state index >= 15 is 0 Å². The van der Waals surface area contributed by atoms with Gasteiger partial charge in [-0.25, -0.2) is 4.79 Å². The summed E-state index contributed by atoms with van der Waals surface area (Å²) in [6.07, 6.45) is 0. The number of aromatic nitrogens is 1. The maximum absolute atomic E-state index is 11.4. The lowest BCUT2D eigenvalue weighted by Crippen LogP contribution is -2.28. The Morgan fingerprint density at radius 3 is 2.83 bits per heavy atom. The Balaban J connectivity index is 2.49. The summed E-state index contributed by atoms with van der Waals surface area (Å²) in [4.78, 5) is 11.4. The van der Waals surface area contributed by atoms with E-state index in [-0.39, 0.29) is 11.8 Å². The summed E-state index contributed by atoms with van der Waals surface area (Å²) in [6.45, 7) is 2.69. The Hall–Kier alpha value is -1.59. The molecule has 98 valence electrons. The van der Waals surface area contributed by atoms with Gasteiger partial charge >= 0.3 is 5.76 Å². The molecule has 0 spiro atoms. The van der Waals surface area contributed by atoms with E-state index in [1.54, 1.807) is 7.05 Å². The molecule has 2 atom stereocenters. The van der Waals surface area contributed by atoms with E-state index in [1.165, 1.54) is 4.57 Å². The quantitative estimate of drug-likeness (QED) is 0.847. The minimum Gasteiger partial charge on any atom is -0.408 e. The van der Waals surface area contributed by atoms with Gasteiger partial charge in [-0.05, 0) is 37.2 Å². The van der Waals surface area contributed by atoms with Crippen LogP contribution < -0.4 is 16.8 Å². The fourth-order valence-electron chi connectivity index (χ4n) is 2.26. The zero-order valence-electron chi connectivity index (χ0n) is 10.9. The van der Waals surface area contributed by atoms with Crippen LogP contribution in [0.25, 0.3) is 11.1 Å². The number of rotatable bonds is 4. The molecule has 1 aromatic carbocycles. The van der Waals surface area contributed by atoms with E-state index in [9.17, 15) is 4.79 Å². The standard InChI is InChI=1S/C13H19N3O2/c1-8(7-14)12(15-2)9-4-5-10-11(6-9)18-13(17)16(10)3/h4-6,8,12,15H,7,14H2,1-3H3. The number of nitrogens with one attached hydrogen (secondary N) is 1. The lowest BCUT2D eigenvalue weighted by molar-refractivity contribution is 0.419. The third-order valence-electron chi connectivity index (χ3n) is 3.43. The van der Waals surface area contributed by atoms with Gasteiger partial charge in [-0.2, -0.15) is 0 Å². The minimum atomic E-state index is -0.338. The number of oxazole rings is 1. The first-order chi connectivity index (χ1) is 8.58. The average Bonchev–Trinajstić information content (AvgIpc) is 2.65. The average molecular weight is 249 g/mol. The third-order valence-corrected chi connectivity index (χ3v) is 3.43. The highest BCUT2D eigenvalue weighted by molar-refractivity contribution is 5.73. The van der Waals surface area contributed by atoms with Gasteiger partial charge in [0.1, 0.15) is 0 Å². The maximum atomic E-state index is 11.4. The van der Waals surface area contributed by atoms with Crippen molar-refractivity contribution in [2.24, 2.45) is 18.7 Å². The lowest BCUT2D eigenvalue weighted by atomic mass is 9.94. The molecule has 1 heterocycles. The Labute approximate surface area is 106 Å². The second-order valence-corrected chi connectivity index (χ2v) is 4.63. The summed E-state index contributed by atoms with van der Waals surface area (Å²) in [6, 6.07) is 5.97. The Morgan fingerprint density at radius 1 is 1.50 bits per heavy atom. The number of hydrogen-bond donors (Lipinski definition) is 2. The van der Waals surface area contributed by atoms with Crippen molar-refractivity contribution >= 4 is 11.1 Å². The monoisotopic (exact) mass is 249 g/mol. The lowest BCUT2D eigenvalue weighted by Gasteiger charge is -2.22. The first kappa shape index (κ1) is 12.9. The van der Waals surface area contributed by atoms with Crippen LogP contribution in [0.4, 0.5) is 0 Å². The third kappa shape index (κ3) is 2.07. The molecule has 0 bridgehead atoms. The van der Waals surface area contributed by atoms with Crippen LogP contribution in [0.1, 0.15) is 18.5 Å². The van der Waals surface area contributed by atoms with Gasteiger partial charge in [0.25, 0.3) is 0 Å². The summed E-state index contributed by atoms with van der Waals surface area (Å²) in [5.41, 5.74) is 8.21. The molecule has 0 amide bonds. The number of aryl methyl sites for hydroxylation is 1. The molecular weight excluding hydrogens is 230 g/mol. The molecule has 2 unspecified atom stereocenters. The highest BCUT2D eigenvalue weighted by Crippen LogP contribution is 2.24. The molecule has 0 aliphatic carbocycles. The number of fused-ring (bicyclic) bond motifs is 1. The fraction of sp³-hybridized carbons (Fsp3) is 0.462. The largest absolute Gasteiger partial charge is 0.419 e. The minimum absolute atomic E-state index is 0.157. The molecule has 0 aliphatic rings. The van der Waals surface area contributed by atoms with Crippen LogP contribution in [0.2, 0.25) is 0 Å². The van der Waals surface area contributed by atoms with E-state index in [0.717, 1.165) is 11.1 Å². The Kier molecular flexibility index (Phi) is 3.54. The van der Waals surface area contributed by atoms with Crippen molar-refractivity contribution in [1.29, 1.82) is 0 Å². The van der Waals surface area contributed by atoms with Gasteiger partial charge in [-0.15, -0.1) is 0 Å². The molecule has 3 N–H and O–H groups in total. The van der Waals surface area contributed by atoms with Crippen LogP contribution in [0.15, 0.2) is 27.4 Å². The van der Waals surface area contributed by atoms with Crippen molar-refractivity contribution in [3.63, 3.8) is 0 Å². The summed E-state index contributed by atoms with van der Waals surface area (Å²) >= 11 is 0. The predicted molar refractivity (Wildman–Crippen MR) is 71.5 cm³/mol. The van der Waals surface area contributed by atoms with Crippen molar-refractivity contribution in [3.05, 3.63) is 34.3 Å². The highest BCUT2D eigenvalue weighted by atomic mass is 16.4. The van der Waals surface area contributed by atoms with E-state index in [4.69, 9.17) is 10.2 Å². The van der Waals surface area contributed by atoms with Crippen molar-refractivity contribution in [2.75, 3.05) is 13.6 Å². The summed E-state index contributed by atoms with van der Waals surface area (Å²) in [5, 5.41) is 3.25. The first-order valence-electron chi connectivity index (χ1n) is 6.05. The van der Waals surface area contributed by atoms with Crippen LogP contribution in [0.3, 0.4) is 0 Å². The number of benzene rings is 1. The zero-order chi connectivity index (χ0) is 13.3. The van der Waals surface area contributed by atoms with Crippen molar-refractivity contribution < 1.29 is 4.42 Å². The molecule has 0 saturated carbocycles. The van der Waals surface area contributed by atoms with Gasteiger partial charge in [0, 0.05) is 13.1 Å². The van der Waals surface area contributed by atoms with Gasteiger partial charge in [-0.1, -0.05) is 13.0 Å². The smallest absolute Gasteiger partial charge is 0.408 e. The molecule has 0 fully saturated rings. The molecule has 2 rings (SSSR count). The van der Waals surface area contributed by atoms with Gasteiger partial charge in [-0.3, -0.25) is 4.57 Å². The van der Waals surface area contributed by atoms with E-state index in [1.807, 2.05) is 25.2 Å². The SMILES string of the molecule is CNC(c1ccc2c(c1)oc(=O)n2C)C(C)CN. The second-order valence-electron chi connectivity index (χ2n) is 4.63. The number of hydrogen-bond acceptors (Lipinski definition) is 4. The topological polar surface area (TPSA) is 73.2 Å². The predicted octanol–water partition coefficient (Wildman–Crippen LogP) is 0.987. The zero-order valence-corrected chi connectivity index (χ0v) is 10.9. The molecule has 0 aliphatic heterocycles. The number of nitrogens with two attached hydrogens (primary N) is 1. The van der Waals surface area contributed by atoms with Gasteiger partial charge in [0.05, 0.1) is 5.52 Å². The molecule has 5 nitrogen and oxygen atoms in total. The summed E-state index contributed by atoms with van der Waals surface area (Å²) in [5.74, 6) is -0.0297. The normalized spacial score (nSPS) is 14.9. The van der Waals surface area contributed by atoms with Gasteiger partial charge < -0.3 is 15.5 Å². The van der Waals surface area contributed by atoms with Crippen LogP contribution in [0.5, 0.6) is 0 Å².